The third kappa shape index (κ3) is 6.24. The topological polar surface area (TPSA) is 82.5 Å². The van der Waals surface area contributed by atoms with Gasteiger partial charge in [0.05, 0.1) is 11.5 Å². The van der Waals surface area contributed by atoms with Crippen LogP contribution in [0.15, 0.2) is 54.7 Å². The van der Waals surface area contributed by atoms with E-state index >= 15 is 0 Å². The number of halogens is 5. The minimum absolute atomic E-state index is 0.118. The molecule has 38 heavy (non-hydrogen) atoms. The normalized spacial score (nSPS) is 14.4. The molecule has 0 atom stereocenters. The Morgan fingerprint density at radius 2 is 1.84 bits per heavy atom. The summed E-state index contributed by atoms with van der Waals surface area (Å²) >= 11 is 6.02. The molecule has 1 saturated heterocycles. The Labute approximate surface area is 221 Å². The molecule has 6 nitrogen and oxygen atoms in total. The molecule has 1 aliphatic heterocycles. The maximum atomic E-state index is 14.0. The maximum absolute atomic E-state index is 14.0. The number of carboxylic acids is 1. The number of carboxylic acid groups (broad SMARTS) is 1. The van der Waals surface area contributed by atoms with Crippen molar-refractivity contribution in [2.45, 2.75) is 25.4 Å². The molecule has 200 valence electrons. The van der Waals surface area contributed by atoms with Gasteiger partial charge in [-0.1, -0.05) is 23.7 Å². The third-order valence-electron chi connectivity index (χ3n) is 6.52. The lowest BCUT2D eigenvalue weighted by Gasteiger charge is -2.30. The Morgan fingerprint density at radius 1 is 1.11 bits per heavy atom. The zero-order valence-corrected chi connectivity index (χ0v) is 20.8. The first-order chi connectivity index (χ1) is 18.0. The van der Waals surface area contributed by atoms with Gasteiger partial charge in [-0.2, -0.15) is 13.2 Å². The molecule has 0 radical (unpaired) electrons. The number of likely N-dealkylation sites (tertiary alicyclic amines) is 1. The van der Waals surface area contributed by atoms with E-state index in [9.17, 15) is 27.2 Å². The van der Waals surface area contributed by atoms with Crippen molar-refractivity contribution in [3.05, 3.63) is 82.3 Å². The summed E-state index contributed by atoms with van der Waals surface area (Å²) in [6.07, 6.45) is -2.63. The van der Waals surface area contributed by atoms with Crippen LogP contribution in [0.5, 0.6) is 0 Å². The van der Waals surface area contributed by atoms with Crippen LogP contribution in [-0.2, 0) is 17.4 Å². The van der Waals surface area contributed by atoms with Gasteiger partial charge in [-0.05, 0) is 61.2 Å². The number of carbonyl (C=O) groups excluding carboxylic acids is 1. The second-order valence-electron chi connectivity index (χ2n) is 8.97. The summed E-state index contributed by atoms with van der Waals surface area (Å²) in [5, 5.41) is 12.4. The second kappa shape index (κ2) is 11.4. The van der Waals surface area contributed by atoms with Crippen molar-refractivity contribution >= 4 is 29.3 Å². The molecule has 0 bridgehead atoms. The summed E-state index contributed by atoms with van der Waals surface area (Å²) in [6.45, 7) is 0.641. The number of piperidine rings is 1. The predicted molar refractivity (Wildman–Crippen MR) is 135 cm³/mol. The Kier molecular flexibility index (Phi) is 8.20. The van der Waals surface area contributed by atoms with Crippen LogP contribution >= 0.6 is 11.6 Å². The van der Waals surface area contributed by atoms with Crippen molar-refractivity contribution in [2.24, 2.45) is 5.92 Å². The first-order valence-corrected chi connectivity index (χ1v) is 12.3. The van der Waals surface area contributed by atoms with Crippen molar-refractivity contribution in [1.82, 2.24) is 9.88 Å². The molecule has 1 amide bonds. The van der Waals surface area contributed by atoms with Crippen molar-refractivity contribution in [3.63, 3.8) is 0 Å². The Balaban J connectivity index is 1.48. The number of alkyl halides is 3. The number of anilines is 1. The number of aliphatic carboxylic acids is 1. The average Bonchev–Trinajstić information content (AvgIpc) is 2.89. The Morgan fingerprint density at radius 3 is 2.45 bits per heavy atom. The van der Waals surface area contributed by atoms with Crippen LogP contribution in [-0.4, -0.2) is 46.5 Å². The highest BCUT2D eigenvalue weighted by atomic mass is 35.5. The fourth-order valence-electron chi connectivity index (χ4n) is 4.42. The molecule has 4 rings (SSSR count). The number of benzene rings is 2. The highest BCUT2D eigenvalue weighted by Crippen LogP contribution is 2.38. The number of nitrogens with one attached hydrogen (secondary N) is 1. The van der Waals surface area contributed by atoms with Gasteiger partial charge in [0.1, 0.15) is 11.6 Å². The van der Waals surface area contributed by atoms with E-state index in [-0.39, 0.29) is 49.0 Å². The van der Waals surface area contributed by atoms with Crippen LogP contribution in [0.4, 0.5) is 23.4 Å². The fourth-order valence-corrected chi connectivity index (χ4v) is 4.68. The Hall–Kier alpha value is -3.66. The van der Waals surface area contributed by atoms with E-state index in [2.05, 4.69) is 10.3 Å². The minimum Gasteiger partial charge on any atom is -0.481 e. The smallest absolute Gasteiger partial charge is 0.417 e. The lowest BCUT2D eigenvalue weighted by molar-refractivity contribution is -0.143. The maximum Gasteiger partial charge on any atom is 0.417 e. The van der Waals surface area contributed by atoms with Crippen LogP contribution in [0.1, 0.15) is 34.3 Å². The van der Waals surface area contributed by atoms with Crippen molar-refractivity contribution < 1.29 is 32.3 Å². The molecule has 3 aromatic rings. The second-order valence-corrected chi connectivity index (χ2v) is 9.38. The van der Waals surface area contributed by atoms with Crippen molar-refractivity contribution in [2.75, 3.05) is 25.0 Å². The van der Waals surface area contributed by atoms with Gasteiger partial charge in [-0.25, -0.2) is 9.37 Å². The molecular formula is C27H24ClF4N3O3. The van der Waals surface area contributed by atoms with Crippen LogP contribution < -0.4 is 5.32 Å². The first kappa shape index (κ1) is 27.4. The lowest BCUT2D eigenvalue weighted by atomic mass is 9.95. The van der Waals surface area contributed by atoms with Gasteiger partial charge in [0, 0.05) is 47.5 Å². The number of pyridine rings is 1. The number of hydrogen-bond donors (Lipinski definition) is 2. The van der Waals surface area contributed by atoms with Gasteiger partial charge in [0.15, 0.2) is 0 Å². The van der Waals surface area contributed by atoms with E-state index in [1.54, 1.807) is 6.07 Å². The van der Waals surface area contributed by atoms with Gasteiger partial charge >= 0.3 is 12.1 Å². The molecule has 1 fully saturated rings. The standard InChI is InChI=1S/C27H24ClF4N3O3/c28-22-2-1-3-23(29)20(22)8-11-33-24-7-5-18(15-34-24)19-6-4-17(14-21(19)27(30,31)32)25(36)35-12-9-16(10-13-35)26(37)38/h1-7,14-16H,8-13H2,(H,33,34)(H,37,38). The molecule has 2 aromatic carbocycles. The lowest BCUT2D eigenvalue weighted by Crippen LogP contribution is -2.40. The zero-order chi connectivity index (χ0) is 27.4. The fraction of sp³-hybridized carbons (Fsp3) is 0.296. The molecule has 0 spiro atoms. The summed E-state index contributed by atoms with van der Waals surface area (Å²) < 4.78 is 55.8. The van der Waals surface area contributed by atoms with E-state index in [0.29, 0.717) is 22.9 Å². The van der Waals surface area contributed by atoms with Crippen molar-refractivity contribution in [3.8, 4) is 11.1 Å². The molecule has 2 heterocycles. The number of hydrogen-bond acceptors (Lipinski definition) is 4. The summed E-state index contributed by atoms with van der Waals surface area (Å²) in [7, 11) is 0. The largest absolute Gasteiger partial charge is 0.481 e. The number of aromatic nitrogens is 1. The van der Waals surface area contributed by atoms with Gasteiger partial charge in [-0.3, -0.25) is 9.59 Å². The molecule has 0 unspecified atom stereocenters. The number of nitrogens with zero attached hydrogens (tertiary/aromatic N) is 2. The molecule has 0 saturated carbocycles. The summed E-state index contributed by atoms with van der Waals surface area (Å²) in [6, 6.07) is 10.8. The molecular weight excluding hydrogens is 526 g/mol. The SMILES string of the molecule is O=C(O)C1CCN(C(=O)c2ccc(-c3ccc(NCCc4c(F)cccc4Cl)nc3)c(C(F)(F)F)c2)CC1. The van der Waals surface area contributed by atoms with Gasteiger partial charge < -0.3 is 15.3 Å². The van der Waals surface area contributed by atoms with Crippen LogP contribution in [0.25, 0.3) is 11.1 Å². The molecule has 0 aliphatic carbocycles. The van der Waals surface area contributed by atoms with E-state index in [4.69, 9.17) is 16.7 Å². The van der Waals surface area contributed by atoms with E-state index < -0.39 is 35.4 Å². The van der Waals surface area contributed by atoms with Crippen LogP contribution in [0.2, 0.25) is 5.02 Å². The predicted octanol–water partition coefficient (Wildman–Crippen LogP) is 6.15. The highest BCUT2D eigenvalue weighted by molar-refractivity contribution is 6.31. The number of amides is 1. The molecule has 1 aliphatic rings. The van der Waals surface area contributed by atoms with Crippen LogP contribution in [0.3, 0.4) is 0 Å². The van der Waals surface area contributed by atoms with E-state index in [1.165, 1.54) is 47.5 Å². The average molecular weight is 550 g/mol. The van der Waals surface area contributed by atoms with Gasteiger partial charge in [0.25, 0.3) is 5.91 Å². The number of carbonyl (C=O) groups is 2. The highest BCUT2D eigenvalue weighted by Gasteiger charge is 2.35. The summed E-state index contributed by atoms with van der Waals surface area (Å²) in [5.74, 6) is -2.10. The van der Waals surface area contributed by atoms with Crippen LogP contribution in [0, 0.1) is 11.7 Å². The van der Waals surface area contributed by atoms with Crippen molar-refractivity contribution in [1.29, 1.82) is 0 Å². The summed E-state index contributed by atoms with van der Waals surface area (Å²) in [4.78, 5) is 29.5. The monoisotopic (exact) mass is 549 g/mol. The third-order valence-corrected chi connectivity index (χ3v) is 6.87. The van der Waals surface area contributed by atoms with Gasteiger partial charge in [-0.15, -0.1) is 0 Å². The zero-order valence-electron chi connectivity index (χ0n) is 20.1. The number of rotatable bonds is 7. The van der Waals surface area contributed by atoms with E-state index in [1.807, 2.05) is 0 Å². The Bertz CT molecular complexity index is 1300. The first-order valence-electron chi connectivity index (χ1n) is 11.9. The molecule has 2 N–H and O–H groups in total. The molecule has 1 aromatic heterocycles. The van der Waals surface area contributed by atoms with Gasteiger partial charge in [0.2, 0.25) is 0 Å². The van der Waals surface area contributed by atoms with E-state index in [0.717, 1.165) is 6.07 Å². The quantitative estimate of drug-likeness (QED) is 0.345. The minimum atomic E-state index is -4.72. The summed E-state index contributed by atoms with van der Waals surface area (Å²) in [5.41, 5.74) is -0.653. The molecule has 11 heteroatoms.